The zero-order valence-electron chi connectivity index (χ0n) is 9.60. The molecule has 0 aromatic carbocycles. The summed E-state index contributed by atoms with van der Waals surface area (Å²) in [6.07, 6.45) is 2.94. The quantitative estimate of drug-likeness (QED) is 0.847. The molecule has 0 spiro atoms. The van der Waals surface area contributed by atoms with Crippen molar-refractivity contribution in [3.63, 3.8) is 0 Å². The molecule has 0 radical (unpaired) electrons. The number of aliphatic carboxylic acids is 1. The Balaban J connectivity index is 2.03. The molecule has 2 atom stereocenters. The van der Waals surface area contributed by atoms with Gasteiger partial charge in [-0.15, -0.1) is 0 Å². The minimum absolute atomic E-state index is 0.0902. The number of hydrogen-bond acceptors (Lipinski definition) is 3. The lowest BCUT2D eigenvalue weighted by Crippen LogP contribution is -2.40. The number of hydrogen-bond donors (Lipinski definition) is 2. The van der Waals surface area contributed by atoms with Crippen molar-refractivity contribution in [1.29, 1.82) is 0 Å². The van der Waals surface area contributed by atoms with Crippen molar-refractivity contribution in [2.24, 2.45) is 5.92 Å². The Morgan fingerprint density at radius 2 is 2.17 bits per heavy atom. The van der Waals surface area contributed by atoms with Crippen LogP contribution in [0.1, 0.15) is 29.8 Å². The summed E-state index contributed by atoms with van der Waals surface area (Å²) >= 11 is 0. The van der Waals surface area contributed by atoms with Crippen LogP contribution < -0.4 is 5.32 Å². The zero-order valence-corrected chi connectivity index (χ0v) is 9.60. The molecule has 1 aliphatic rings. The van der Waals surface area contributed by atoms with Gasteiger partial charge in [-0.05, 0) is 25.0 Å². The summed E-state index contributed by atoms with van der Waals surface area (Å²) in [6.45, 7) is 0. The predicted molar refractivity (Wildman–Crippen MR) is 60.4 cm³/mol. The third-order valence-electron chi connectivity index (χ3n) is 3.11. The summed E-state index contributed by atoms with van der Waals surface area (Å²) < 4.78 is 12.7. The molecule has 5 nitrogen and oxygen atoms in total. The van der Waals surface area contributed by atoms with Gasteiger partial charge in [0.2, 0.25) is 0 Å². The minimum Gasteiger partial charge on any atom is -0.481 e. The SMILES string of the molecule is O=C(NC1CCCC1C(=O)O)c1ccc(F)cn1. The van der Waals surface area contributed by atoms with E-state index < -0.39 is 23.6 Å². The number of carboxylic acids is 1. The maximum absolute atomic E-state index is 12.7. The number of carboxylic acid groups (broad SMARTS) is 1. The van der Waals surface area contributed by atoms with Crippen LogP contribution in [0.2, 0.25) is 0 Å². The standard InChI is InChI=1S/C12H13FN2O3/c13-7-4-5-10(14-6-7)11(16)15-9-3-1-2-8(9)12(17)18/h4-6,8-9H,1-3H2,(H,15,16)(H,17,18). The van der Waals surface area contributed by atoms with Crippen molar-refractivity contribution in [3.05, 3.63) is 29.8 Å². The van der Waals surface area contributed by atoms with Crippen LogP contribution in [0.4, 0.5) is 4.39 Å². The van der Waals surface area contributed by atoms with E-state index in [-0.39, 0.29) is 11.7 Å². The van der Waals surface area contributed by atoms with E-state index in [9.17, 15) is 14.0 Å². The number of amides is 1. The highest BCUT2D eigenvalue weighted by Crippen LogP contribution is 2.25. The molecule has 1 aromatic heterocycles. The van der Waals surface area contributed by atoms with Crippen LogP contribution in [0.5, 0.6) is 0 Å². The van der Waals surface area contributed by atoms with Crippen molar-refractivity contribution in [3.8, 4) is 0 Å². The van der Waals surface area contributed by atoms with Crippen molar-refractivity contribution in [2.75, 3.05) is 0 Å². The first-order valence-corrected chi connectivity index (χ1v) is 5.73. The van der Waals surface area contributed by atoms with Gasteiger partial charge in [0.1, 0.15) is 11.5 Å². The van der Waals surface area contributed by atoms with Crippen LogP contribution in [0.15, 0.2) is 18.3 Å². The van der Waals surface area contributed by atoms with Crippen LogP contribution in [0.3, 0.4) is 0 Å². The summed E-state index contributed by atoms with van der Waals surface area (Å²) in [5.74, 6) is -2.43. The van der Waals surface area contributed by atoms with E-state index in [0.717, 1.165) is 18.7 Å². The molecule has 2 rings (SSSR count). The van der Waals surface area contributed by atoms with Crippen molar-refractivity contribution in [1.82, 2.24) is 10.3 Å². The van der Waals surface area contributed by atoms with Gasteiger partial charge in [0.15, 0.2) is 0 Å². The third-order valence-corrected chi connectivity index (χ3v) is 3.11. The molecule has 2 N–H and O–H groups in total. The molecule has 6 heteroatoms. The van der Waals surface area contributed by atoms with Gasteiger partial charge < -0.3 is 10.4 Å². The monoisotopic (exact) mass is 252 g/mol. The lowest BCUT2D eigenvalue weighted by molar-refractivity contribution is -0.142. The summed E-state index contributed by atoms with van der Waals surface area (Å²) in [4.78, 5) is 26.4. The Kier molecular flexibility index (Phi) is 3.55. The maximum atomic E-state index is 12.7. The Hall–Kier alpha value is -1.98. The molecule has 0 saturated heterocycles. The van der Waals surface area contributed by atoms with Gasteiger partial charge in [-0.25, -0.2) is 9.37 Å². The second-order valence-corrected chi connectivity index (χ2v) is 4.32. The van der Waals surface area contributed by atoms with E-state index >= 15 is 0 Å². The Morgan fingerprint density at radius 1 is 1.39 bits per heavy atom. The fraction of sp³-hybridized carbons (Fsp3) is 0.417. The van der Waals surface area contributed by atoms with E-state index in [0.29, 0.717) is 12.8 Å². The minimum atomic E-state index is -0.898. The molecule has 1 heterocycles. The lowest BCUT2D eigenvalue weighted by atomic mass is 10.0. The molecule has 18 heavy (non-hydrogen) atoms. The van der Waals surface area contributed by atoms with Crippen molar-refractivity contribution >= 4 is 11.9 Å². The maximum Gasteiger partial charge on any atom is 0.308 e. The molecule has 1 amide bonds. The first-order valence-electron chi connectivity index (χ1n) is 5.73. The number of carbonyl (C=O) groups excluding carboxylic acids is 1. The molecule has 96 valence electrons. The fourth-order valence-corrected chi connectivity index (χ4v) is 2.18. The van der Waals surface area contributed by atoms with E-state index in [1.54, 1.807) is 0 Å². The fourth-order valence-electron chi connectivity index (χ4n) is 2.18. The van der Waals surface area contributed by atoms with Crippen LogP contribution in [-0.4, -0.2) is 28.0 Å². The van der Waals surface area contributed by atoms with Gasteiger partial charge in [-0.1, -0.05) is 6.42 Å². The average molecular weight is 252 g/mol. The number of pyridine rings is 1. The summed E-state index contributed by atoms with van der Waals surface area (Å²) in [5, 5.41) is 11.6. The van der Waals surface area contributed by atoms with E-state index in [4.69, 9.17) is 5.11 Å². The van der Waals surface area contributed by atoms with Crippen LogP contribution in [0, 0.1) is 11.7 Å². The highest BCUT2D eigenvalue weighted by molar-refractivity contribution is 5.92. The van der Waals surface area contributed by atoms with Gasteiger partial charge >= 0.3 is 5.97 Å². The number of nitrogens with zero attached hydrogens (tertiary/aromatic N) is 1. The summed E-state index contributed by atoms with van der Waals surface area (Å²) in [6, 6.07) is 2.04. The summed E-state index contributed by atoms with van der Waals surface area (Å²) in [5.41, 5.74) is 0.0902. The Bertz CT molecular complexity index is 461. The third kappa shape index (κ3) is 2.64. The molecule has 1 saturated carbocycles. The summed E-state index contributed by atoms with van der Waals surface area (Å²) in [7, 11) is 0. The van der Waals surface area contributed by atoms with E-state index in [1.807, 2.05) is 0 Å². The Labute approximate surface area is 103 Å². The molecule has 0 aliphatic heterocycles. The molecule has 0 bridgehead atoms. The highest BCUT2D eigenvalue weighted by atomic mass is 19.1. The number of aromatic nitrogens is 1. The molecular weight excluding hydrogens is 239 g/mol. The highest BCUT2D eigenvalue weighted by Gasteiger charge is 2.34. The van der Waals surface area contributed by atoms with Crippen molar-refractivity contribution in [2.45, 2.75) is 25.3 Å². The number of carbonyl (C=O) groups is 2. The second-order valence-electron chi connectivity index (χ2n) is 4.32. The van der Waals surface area contributed by atoms with Crippen LogP contribution >= 0.6 is 0 Å². The molecule has 1 aromatic rings. The van der Waals surface area contributed by atoms with Gasteiger partial charge in [-0.2, -0.15) is 0 Å². The van der Waals surface area contributed by atoms with Crippen LogP contribution in [-0.2, 0) is 4.79 Å². The van der Waals surface area contributed by atoms with Crippen molar-refractivity contribution < 1.29 is 19.1 Å². The molecular formula is C12H13FN2O3. The van der Waals surface area contributed by atoms with Gasteiger partial charge in [0.25, 0.3) is 5.91 Å². The van der Waals surface area contributed by atoms with Gasteiger partial charge in [0, 0.05) is 6.04 Å². The zero-order chi connectivity index (χ0) is 13.1. The first kappa shape index (κ1) is 12.5. The number of nitrogens with one attached hydrogen (secondary N) is 1. The number of halogens is 1. The molecule has 1 aliphatic carbocycles. The van der Waals surface area contributed by atoms with E-state index in [1.165, 1.54) is 6.07 Å². The predicted octanol–water partition coefficient (Wildman–Crippen LogP) is 1.20. The topological polar surface area (TPSA) is 79.3 Å². The lowest BCUT2D eigenvalue weighted by Gasteiger charge is -2.17. The average Bonchev–Trinajstić information content (AvgIpc) is 2.78. The normalized spacial score (nSPS) is 22.7. The van der Waals surface area contributed by atoms with Gasteiger partial charge in [0.05, 0.1) is 12.1 Å². The number of rotatable bonds is 3. The van der Waals surface area contributed by atoms with Gasteiger partial charge in [-0.3, -0.25) is 9.59 Å². The van der Waals surface area contributed by atoms with Crippen LogP contribution in [0.25, 0.3) is 0 Å². The molecule has 2 unspecified atom stereocenters. The smallest absolute Gasteiger partial charge is 0.308 e. The largest absolute Gasteiger partial charge is 0.481 e. The second kappa shape index (κ2) is 5.12. The Morgan fingerprint density at radius 3 is 2.78 bits per heavy atom. The molecule has 1 fully saturated rings. The first-order chi connectivity index (χ1) is 8.58. The van der Waals surface area contributed by atoms with E-state index in [2.05, 4.69) is 10.3 Å².